The van der Waals surface area contributed by atoms with Crippen LogP contribution in [0, 0.1) is 11.2 Å². The Morgan fingerprint density at radius 2 is 2.09 bits per heavy atom. The van der Waals surface area contributed by atoms with E-state index < -0.39 is 5.82 Å². The van der Waals surface area contributed by atoms with E-state index in [1.54, 1.807) is 13.2 Å². The molecule has 1 aliphatic heterocycles. The minimum atomic E-state index is -0.428. The van der Waals surface area contributed by atoms with Gasteiger partial charge in [0, 0.05) is 24.8 Å². The summed E-state index contributed by atoms with van der Waals surface area (Å²) in [5.74, 6) is -0.428. The molecule has 2 heterocycles. The van der Waals surface area contributed by atoms with Crippen molar-refractivity contribution in [1.29, 1.82) is 0 Å². The first kappa shape index (κ1) is 16.7. The van der Waals surface area contributed by atoms with E-state index in [0.29, 0.717) is 6.54 Å². The lowest BCUT2D eigenvalue weighted by Gasteiger charge is -2.44. The molecule has 0 radical (unpaired) electrons. The summed E-state index contributed by atoms with van der Waals surface area (Å²) in [6, 6.07) is 8.70. The molecule has 0 aliphatic carbocycles. The smallest absolute Gasteiger partial charge is 0.143 e. The Bertz CT molecular complexity index is 753. The van der Waals surface area contributed by atoms with Crippen LogP contribution in [-0.2, 0) is 4.74 Å². The molecule has 0 saturated carbocycles. The summed E-state index contributed by atoms with van der Waals surface area (Å²) in [5.41, 5.74) is 2.32. The molecule has 0 spiro atoms. The fourth-order valence-corrected chi connectivity index (χ4v) is 3.56. The molecule has 1 aromatic heterocycles. The number of fused-ring (bicyclic) bond motifs is 1. The molecule has 0 amide bonds. The summed E-state index contributed by atoms with van der Waals surface area (Å²) in [5, 5.41) is 0.119. The first-order valence-electron chi connectivity index (χ1n) is 7.25. The third-order valence-corrected chi connectivity index (χ3v) is 4.88. The molecule has 1 aliphatic rings. The fraction of sp³-hybridized carbons (Fsp3) is 0.353. The number of methoxy groups -OCH3 is 1. The zero-order valence-electron chi connectivity index (χ0n) is 13.1. The van der Waals surface area contributed by atoms with Crippen LogP contribution < -0.4 is 4.90 Å². The van der Waals surface area contributed by atoms with Crippen LogP contribution in [0.25, 0.3) is 0 Å². The van der Waals surface area contributed by atoms with Gasteiger partial charge in [0.1, 0.15) is 16.5 Å². The number of ether oxygens (including phenoxy) is 1. The van der Waals surface area contributed by atoms with Crippen molar-refractivity contribution in [2.45, 2.75) is 20.0 Å². The fourth-order valence-electron chi connectivity index (χ4n) is 3.12. The van der Waals surface area contributed by atoms with Crippen molar-refractivity contribution in [1.82, 2.24) is 4.98 Å². The van der Waals surface area contributed by atoms with Gasteiger partial charge < -0.3 is 9.64 Å². The Hall–Kier alpha value is -1.17. The van der Waals surface area contributed by atoms with Crippen LogP contribution >= 0.6 is 27.5 Å². The van der Waals surface area contributed by atoms with E-state index in [1.807, 2.05) is 18.2 Å². The van der Waals surface area contributed by atoms with Crippen LogP contribution in [0.5, 0.6) is 0 Å². The lowest BCUT2D eigenvalue weighted by Crippen LogP contribution is -2.42. The molecule has 0 N–H and O–H groups in total. The lowest BCUT2D eigenvalue weighted by atomic mass is 9.80. The molecule has 6 heteroatoms. The Morgan fingerprint density at radius 1 is 1.35 bits per heavy atom. The highest BCUT2D eigenvalue weighted by atomic mass is 79.9. The molecule has 2 aromatic rings. The normalized spacial score (nSPS) is 19.6. The van der Waals surface area contributed by atoms with E-state index in [-0.39, 0.29) is 16.5 Å². The average Bonchev–Trinajstić information content (AvgIpc) is 2.48. The van der Waals surface area contributed by atoms with Gasteiger partial charge in [0.05, 0.1) is 16.4 Å². The van der Waals surface area contributed by atoms with E-state index in [4.69, 9.17) is 16.3 Å². The van der Waals surface area contributed by atoms with Crippen molar-refractivity contribution in [3.05, 3.63) is 51.5 Å². The van der Waals surface area contributed by atoms with Gasteiger partial charge in [-0.15, -0.1) is 0 Å². The molecule has 0 bridgehead atoms. The van der Waals surface area contributed by atoms with Crippen molar-refractivity contribution >= 4 is 38.9 Å². The van der Waals surface area contributed by atoms with Gasteiger partial charge in [0.2, 0.25) is 0 Å². The second kappa shape index (κ2) is 6.04. The molecule has 23 heavy (non-hydrogen) atoms. The quantitative estimate of drug-likeness (QED) is 0.623. The molecule has 1 atom stereocenters. The summed E-state index contributed by atoms with van der Waals surface area (Å²) in [6.07, 6.45) is -0.136. The first-order chi connectivity index (χ1) is 10.8. The Kier molecular flexibility index (Phi) is 4.38. The number of halogens is 3. The highest BCUT2D eigenvalue weighted by molar-refractivity contribution is 9.10. The van der Waals surface area contributed by atoms with E-state index >= 15 is 0 Å². The Balaban J connectivity index is 2.16. The van der Waals surface area contributed by atoms with E-state index in [0.717, 1.165) is 21.7 Å². The van der Waals surface area contributed by atoms with Gasteiger partial charge in [0.25, 0.3) is 0 Å². The molecular weight excluding hydrogens is 383 g/mol. The number of aromatic nitrogens is 1. The van der Waals surface area contributed by atoms with E-state index in [2.05, 4.69) is 39.7 Å². The highest BCUT2D eigenvalue weighted by Gasteiger charge is 2.41. The second-order valence-electron chi connectivity index (χ2n) is 6.33. The van der Waals surface area contributed by atoms with Gasteiger partial charge in [-0.3, -0.25) is 0 Å². The number of benzene rings is 1. The SMILES string of the molecule is COC1c2nc(Br)ccc2N(c2ccc(Cl)c(F)c2)CC1(C)C. The van der Waals surface area contributed by atoms with Crippen LogP contribution in [0.2, 0.25) is 5.02 Å². The summed E-state index contributed by atoms with van der Waals surface area (Å²) in [6.45, 7) is 4.92. The van der Waals surface area contributed by atoms with E-state index in [1.165, 1.54) is 6.07 Å². The van der Waals surface area contributed by atoms with Crippen molar-refractivity contribution in [3.63, 3.8) is 0 Å². The molecule has 1 unspecified atom stereocenters. The monoisotopic (exact) mass is 398 g/mol. The number of hydrogen-bond donors (Lipinski definition) is 0. The van der Waals surface area contributed by atoms with Gasteiger partial charge in [-0.05, 0) is 46.3 Å². The van der Waals surface area contributed by atoms with E-state index in [9.17, 15) is 4.39 Å². The largest absolute Gasteiger partial charge is 0.374 e. The maximum atomic E-state index is 13.9. The zero-order chi connectivity index (χ0) is 16.8. The number of pyridine rings is 1. The standard InChI is InChI=1S/C17H17BrClFN2O/c1-17(2)9-22(10-4-5-11(19)12(20)8-10)13-6-7-14(18)21-15(13)16(17)23-3/h4-8,16H,9H2,1-3H3. The molecule has 0 saturated heterocycles. The number of rotatable bonds is 2. The Labute approximate surface area is 148 Å². The molecule has 122 valence electrons. The topological polar surface area (TPSA) is 25.4 Å². The highest BCUT2D eigenvalue weighted by Crippen LogP contribution is 2.48. The van der Waals surface area contributed by atoms with Crippen LogP contribution in [0.4, 0.5) is 15.8 Å². The van der Waals surface area contributed by atoms with Crippen molar-refractivity contribution in [2.75, 3.05) is 18.6 Å². The molecule has 3 nitrogen and oxygen atoms in total. The third-order valence-electron chi connectivity index (χ3n) is 4.13. The summed E-state index contributed by atoms with van der Waals surface area (Å²) in [7, 11) is 1.69. The molecule has 1 aromatic carbocycles. The number of hydrogen-bond acceptors (Lipinski definition) is 3. The van der Waals surface area contributed by atoms with Gasteiger partial charge in [-0.1, -0.05) is 25.4 Å². The summed E-state index contributed by atoms with van der Waals surface area (Å²) >= 11 is 9.23. The van der Waals surface area contributed by atoms with Crippen molar-refractivity contribution < 1.29 is 9.13 Å². The molecule has 3 rings (SSSR count). The Morgan fingerprint density at radius 3 is 2.74 bits per heavy atom. The number of anilines is 2. The molecular formula is C17H17BrClFN2O. The van der Waals surface area contributed by atoms with Gasteiger partial charge in [-0.2, -0.15) is 0 Å². The molecule has 0 fully saturated rings. The minimum absolute atomic E-state index is 0.119. The third kappa shape index (κ3) is 2.97. The second-order valence-corrected chi connectivity index (χ2v) is 7.55. The van der Waals surface area contributed by atoms with Crippen LogP contribution in [0.15, 0.2) is 34.9 Å². The van der Waals surface area contributed by atoms with Gasteiger partial charge in [-0.25, -0.2) is 9.37 Å². The van der Waals surface area contributed by atoms with Gasteiger partial charge in [0.15, 0.2) is 0 Å². The maximum Gasteiger partial charge on any atom is 0.143 e. The maximum absolute atomic E-state index is 13.9. The zero-order valence-corrected chi connectivity index (χ0v) is 15.4. The van der Waals surface area contributed by atoms with Crippen molar-refractivity contribution in [3.8, 4) is 0 Å². The summed E-state index contributed by atoms with van der Waals surface area (Å²) < 4.78 is 20.4. The van der Waals surface area contributed by atoms with Crippen LogP contribution in [0.3, 0.4) is 0 Å². The predicted octanol–water partition coefficient (Wildman–Crippen LogP) is 5.50. The predicted molar refractivity (Wildman–Crippen MR) is 93.9 cm³/mol. The average molecular weight is 400 g/mol. The van der Waals surface area contributed by atoms with Crippen LogP contribution in [0.1, 0.15) is 25.6 Å². The number of nitrogens with zero attached hydrogens (tertiary/aromatic N) is 2. The minimum Gasteiger partial charge on any atom is -0.374 e. The summed E-state index contributed by atoms with van der Waals surface area (Å²) in [4.78, 5) is 6.67. The van der Waals surface area contributed by atoms with Gasteiger partial charge >= 0.3 is 0 Å². The lowest BCUT2D eigenvalue weighted by molar-refractivity contribution is 0.00205. The van der Waals surface area contributed by atoms with Crippen LogP contribution in [-0.4, -0.2) is 18.6 Å². The first-order valence-corrected chi connectivity index (χ1v) is 8.42. The van der Waals surface area contributed by atoms with Crippen molar-refractivity contribution in [2.24, 2.45) is 5.41 Å².